The first-order chi connectivity index (χ1) is 15.2. The highest BCUT2D eigenvalue weighted by Crippen LogP contribution is 2.43. The van der Waals surface area contributed by atoms with E-state index < -0.39 is 0 Å². The maximum atomic E-state index is 13.7. The van der Waals surface area contributed by atoms with Crippen LogP contribution in [0, 0.1) is 11.8 Å². The van der Waals surface area contributed by atoms with E-state index in [1.807, 2.05) is 22.1 Å². The van der Waals surface area contributed by atoms with Gasteiger partial charge < -0.3 is 24.4 Å². The van der Waals surface area contributed by atoms with Gasteiger partial charge in [-0.25, -0.2) is 9.97 Å². The number of aromatic nitrogens is 3. The van der Waals surface area contributed by atoms with E-state index in [2.05, 4.69) is 19.9 Å². The molecule has 9 heteroatoms. The summed E-state index contributed by atoms with van der Waals surface area (Å²) in [6.45, 7) is 3.95. The van der Waals surface area contributed by atoms with Crippen LogP contribution >= 0.6 is 0 Å². The van der Waals surface area contributed by atoms with Crippen LogP contribution in [0.15, 0.2) is 18.6 Å². The number of ether oxygens (including phenoxy) is 1. The average Bonchev–Trinajstić information content (AvgIpc) is 3.29. The summed E-state index contributed by atoms with van der Waals surface area (Å²) in [7, 11) is 0. The molecule has 0 aliphatic carbocycles. The molecule has 2 amide bonds. The number of morpholine rings is 1. The Kier molecular flexibility index (Phi) is 4.59. The molecule has 4 aliphatic heterocycles. The summed E-state index contributed by atoms with van der Waals surface area (Å²) in [6, 6.07) is 1.78. The first kappa shape index (κ1) is 19.0. The fraction of sp³-hybridized carbons (Fsp3) is 0.636. The van der Waals surface area contributed by atoms with Crippen LogP contribution in [0.5, 0.6) is 0 Å². The van der Waals surface area contributed by atoms with Gasteiger partial charge in [0.15, 0.2) is 0 Å². The van der Waals surface area contributed by atoms with Crippen LogP contribution in [-0.4, -0.2) is 88.0 Å². The van der Waals surface area contributed by atoms with Crippen LogP contribution in [0.3, 0.4) is 0 Å². The number of fused-ring (bicyclic) bond motifs is 5. The predicted molar refractivity (Wildman–Crippen MR) is 113 cm³/mol. The van der Waals surface area contributed by atoms with Crippen molar-refractivity contribution < 1.29 is 14.3 Å². The van der Waals surface area contributed by atoms with E-state index in [4.69, 9.17) is 4.74 Å². The minimum atomic E-state index is -0.376. The van der Waals surface area contributed by atoms with Gasteiger partial charge in [-0.2, -0.15) is 0 Å². The van der Waals surface area contributed by atoms with Crippen LogP contribution in [0.25, 0.3) is 11.0 Å². The first-order valence-corrected chi connectivity index (χ1v) is 11.4. The zero-order chi connectivity index (χ0) is 20.9. The van der Waals surface area contributed by atoms with Crippen molar-refractivity contribution in [2.24, 2.45) is 11.8 Å². The van der Waals surface area contributed by atoms with Crippen LogP contribution < -0.4 is 4.90 Å². The number of amides is 2. The van der Waals surface area contributed by atoms with Crippen molar-refractivity contribution in [3.8, 4) is 0 Å². The van der Waals surface area contributed by atoms with Crippen molar-refractivity contribution in [2.75, 3.05) is 44.3 Å². The molecule has 0 saturated carbocycles. The van der Waals surface area contributed by atoms with Crippen LogP contribution in [0.4, 0.5) is 5.82 Å². The molecular weight excluding hydrogens is 396 g/mol. The van der Waals surface area contributed by atoms with Gasteiger partial charge in [-0.05, 0) is 31.2 Å². The van der Waals surface area contributed by atoms with Crippen LogP contribution in [0.1, 0.15) is 25.7 Å². The Morgan fingerprint density at radius 2 is 2.00 bits per heavy atom. The summed E-state index contributed by atoms with van der Waals surface area (Å²) in [4.78, 5) is 45.1. The second kappa shape index (κ2) is 7.47. The molecule has 4 saturated heterocycles. The summed E-state index contributed by atoms with van der Waals surface area (Å²) in [5.41, 5.74) is 0.830. The molecule has 6 heterocycles. The molecule has 4 aliphatic rings. The standard InChI is InChI=1S/C22H28N6O3/c29-18-3-1-2-17-14-10-15(19(28(17)18)22(30)26-6-8-31-9-7-26)12-27(11-14)21-16-4-5-23-20(16)24-13-25-21/h4-5,13-15,17,19H,1-3,6-12H2,(H,23,24,25)/t14-,15+,17-,19+/m0/s1. The lowest BCUT2D eigenvalue weighted by atomic mass is 9.71. The first-order valence-electron chi connectivity index (χ1n) is 11.4. The van der Waals surface area contributed by atoms with Crippen molar-refractivity contribution >= 4 is 28.7 Å². The quantitative estimate of drug-likeness (QED) is 0.774. The number of piperidine rings is 3. The Labute approximate surface area is 180 Å². The van der Waals surface area contributed by atoms with E-state index in [0.717, 1.165) is 49.2 Å². The van der Waals surface area contributed by atoms with E-state index in [1.165, 1.54) is 0 Å². The van der Waals surface area contributed by atoms with E-state index in [0.29, 0.717) is 38.6 Å². The number of hydrogen-bond donors (Lipinski definition) is 1. The number of aromatic amines is 1. The van der Waals surface area contributed by atoms with Gasteiger partial charge in [0.05, 0.1) is 18.6 Å². The molecule has 164 valence electrons. The van der Waals surface area contributed by atoms with Crippen molar-refractivity contribution in [2.45, 2.75) is 37.8 Å². The Morgan fingerprint density at radius 1 is 1.16 bits per heavy atom. The van der Waals surface area contributed by atoms with E-state index in [-0.39, 0.29) is 29.8 Å². The normalized spacial score (nSPS) is 31.1. The smallest absolute Gasteiger partial charge is 0.245 e. The Morgan fingerprint density at radius 3 is 2.87 bits per heavy atom. The van der Waals surface area contributed by atoms with Gasteiger partial charge in [-0.3, -0.25) is 9.59 Å². The van der Waals surface area contributed by atoms with Crippen LogP contribution in [-0.2, 0) is 14.3 Å². The molecule has 0 radical (unpaired) electrons. The van der Waals surface area contributed by atoms with Crippen molar-refractivity contribution in [3.05, 3.63) is 18.6 Å². The number of rotatable bonds is 2. The Bertz CT molecular complexity index is 1000. The molecule has 0 aromatic carbocycles. The van der Waals surface area contributed by atoms with Gasteiger partial charge in [0, 0.05) is 50.8 Å². The zero-order valence-electron chi connectivity index (χ0n) is 17.6. The molecule has 2 bridgehead atoms. The van der Waals surface area contributed by atoms with E-state index in [1.54, 1.807) is 6.33 Å². The highest BCUT2D eigenvalue weighted by molar-refractivity contribution is 5.90. The minimum Gasteiger partial charge on any atom is -0.378 e. The number of nitrogens with one attached hydrogen (secondary N) is 1. The second-order valence-electron chi connectivity index (χ2n) is 9.24. The number of carbonyl (C=O) groups excluding carboxylic acids is 2. The summed E-state index contributed by atoms with van der Waals surface area (Å²) in [5.74, 6) is 1.65. The summed E-state index contributed by atoms with van der Waals surface area (Å²) >= 11 is 0. The zero-order valence-corrected chi connectivity index (χ0v) is 17.6. The van der Waals surface area contributed by atoms with E-state index >= 15 is 0 Å². The predicted octanol–water partition coefficient (Wildman–Crippen LogP) is 1.02. The van der Waals surface area contributed by atoms with Gasteiger partial charge >= 0.3 is 0 Å². The third-order valence-electron chi connectivity index (χ3n) is 7.55. The van der Waals surface area contributed by atoms with Crippen molar-refractivity contribution in [1.29, 1.82) is 0 Å². The molecule has 0 unspecified atom stereocenters. The SMILES string of the molecule is O=C([C@H]1[C@@H]2C[C@@H](CN(c3ncnc4[nH]ccc34)C2)[C@@H]2CCCC(=O)N21)N1CCOCC1. The topological polar surface area (TPSA) is 94.7 Å². The van der Waals surface area contributed by atoms with Gasteiger partial charge in [0.1, 0.15) is 23.8 Å². The molecule has 2 aromatic heterocycles. The van der Waals surface area contributed by atoms with Crippen molar-refractivity contribution in [1.82, 2.24) is 24.8 Å². The Hall–Kier alpha value is -2.68. The molecule has 4 fully saturated rings. The minimum absolute atomic E-state index is 0.100. The van der Waals surface area contributed by atoms with E-state index in [9.17, 15) is 9.59 Å². The van der Waals surface area contributed by atoms with Gasteiger partial charge in [0.2, 0.25) is 11.8 Å². The fourth-order valence-electron chi connectivity index (χ4n) is 6.23. The number of hydrogen-bond acceptors (Lipinski definition) is 6. The fourth-order valence-corrected chi connectivity index (χ4v) is 6.23. The van der Waals surface area contributed by atoms with Gasteiger partial charge in [0.25, 0.3) is 0 Å². The number of carbonyl (C=O) groups is 2. The van der Waals surface area contributed by atoms with Crippen LogP contribution in [0.2, 0.25) is 0 Å². The third kappa shape index (κ3) is 3.09. The lowest BCUT2D eigenvalue weighted by Gasteiger charge is -2.56. The molecule has 1 N–H and O–H groups in total. The van der Waals surface area contributed by atoms with Gasteiger partial charge in [-0.15, -0.1) is 0 Å². The maximum Gasteiger partial charge on any atom is 0.245 e. The number of anilines is 1. The summed E-state index contributed by atoms with van der Waals surface area (Å²) in [6.07, 6.45) is 6.93. The molecule has 0 spiro atoms. The highest BCUT2D eigenvalue weighted by atomic mass is 16.5. The Balaban J connectivity index is 1.36. The molecule has 2 aromatic rings. The maximum absolute atomic E-state index is 13.7. The van der Waals surface area contributed by atoms with Gasteiger partial charge in [-0.1, -0.05) is 0 Å². The summed E-state index contributed by atoms with van der Waals surface area (Å²) < 4.78 is 5.45. The second-order valence-corrected chi connectivity index (χ2v) is 9.24. The monoisotopic (exact) mass is 424 g/mol. The van der Waals surface area contributed by atoms with Crippen molar-refractivity contribution in [3.63, 3.8) is 0 Å². The molecular formula is C22H28N6O3. The average molecular weight is 425 g/mol. The molecule has 4 atom stereocenters. The summed E-state index contributed by atoms with van der Waals surface area (Å²) in [5, 5.41) is 1.01. The lowest BCUT2D eigenvalue weighted by Crippen LogP contribution is -2.69. The number of H-pyrrole nitrogens is 1. The molecule has 9 nitrogen and oxygen atoms in total. The largest absolute Gasteiger partial charge is 0.378 e. The highest BCUT2D eigenvalue weighted by Gasteiger charge is 2.53. The molecule has 6 rings (SSSR count). The lowest BCUT2D eigenvalue weighted by molar-refractivity contribution is -0.163. The molecule has 31 heavy (non-hydrogen) atoms. The number of nitrogens with zero attached hydrogens (tertiary/aromatic N) is 5. The third-order valence-corrected chi connectivity index (χ3v) is 7.55.